The number of carbonyl (C=O) groups is 2. The SMILES string of the molecule is O=C(c1ccccc1)c1ccccc1-c1oc2ccccc2c(=O)c1C(=O)c1ccccc1. The molecule has 5 rings (SSSR count). The first-order valence-corrected chi connectivity index (χ1v) is 10.5. The lowest BCUT2D eigenvalue weighted by molar-refractivity contribution is 0.102. The summed E-state index contributed by atoms with van der Waals surface area (Å²) in [4.78, 5) is 40.4. The van der Waals surface area contributed by atoms with E-state index in [4.69, 9.17) is 4.42 Å². The molecule has 0 saturated carbocycles. The van der Waals surface area contributed by atoms with E-state index in [0.717, 1.165) is 0 Å². The van der Waals surface area contributed by atoms with Crippen LogP contribution in [0.15, 0.2) is 118 Å². The molecule has 0 saturated heterocycles. The zero-order chi connectivity index (χ0) is 22.8. The maximum absolute atomic E-state index is 13.5. The van der Waals surface area contributed by atoms with Gasteiger partial charge < -0.3 is 4.42 Å². The van der Waals surface area contributed by atoms with Crippen LogP contribution in [0.1, 0.15) is 31.8 Å². The Hall–Kier alpha value is -4.57. The van der Waals surface area contributed by atoms with Gasteiger partial charge in [-0.2, -0.15) is 0 Å². The van der Waals surface area contributed by atoms with Gasteiger partial charge in [0, 0.05) is 22.3 Å². The van der Waals surface area contributed by atoms with Crippen LogP contribution in [-0.4, -0.2) is 11.6 Å². The number of rotatable bonds is 5. The number of ketones is 2. The van der Waals surface area contributed by atoms with Crippen LogP contribution < -0.4 is 5.43 Å². The number of carbonyl (C=O) groups excluding carboxylic acids is 2. The zero-order valence-corrected chi connectivity index (χ0v) is 17.5. The second-order valence-electron chi connectivity index (χ2n) is 7.57. The van der Waals surface area contributed by atoms with Crippen molar-refractivity contribution in [1.82, 2.24) is 0 Å². The second-order valence-corrected chi connectivity index (χ2v) is 7.57. The molecule has 0 bridgehead atoms. The van der Waals surface area contributed by atoms with Crippen LogP contribution in [0.25, 0.3) is 22.3 Å². The van der Waals surface area contributed by atoms with Crippen LogP contribution in [0.4, 0.5) is 0 Å². The van der Waals surface area contributed by atoms with Gasteiger partial charge in [0.15, 0.2) is 11.5 Å². The molecule has 1 aromatic heterocycles. The van der Waals surface area contributed by atoms with E-state index in [2.05, 4.69) is 0 Å². The maximum Gasteiger partial charge on any atom is 0.204 e. The summed E-state index contributed by atoms with van der Waals surface area (Å²) in [5.74, 6) is -0.584. The molecule has 0 atom stereocenters. The van der Waals surface area contributed by atoms with Crippen molar-refractivity contribution in [2.75, 3.05) is 0 Å². The summed E-state index contributed by atoms with van der Waals surface area (Å²) in [5, 5.41) is 0.312. The fourth-order valence-electron chi connectivity index (χ4n) is 3.90. The van der Waals surface area contributed by atoms with E-state index in [1.165, 1.54) is 0 Å². The van der Waals surface area contributed by atoms with Crippen LogP contribution in [0.2, 0.25) is 0 Å². The van der Waals surface area contributed by atoms with E-state index in [-0.39, 0.29) is 17.1 Å². The van der Waals surface area contributed by atoms with Crippen molar-refractivity contribution < 1.29 is 14.0 Å². The van der Waals surface area contributed by atoms with Crippen LogP contribution in [0.3, 0.4) is 0 Å². The zero-order valence-electron chi connectivity index (χ0n) is 17.5. The molecule has 0 aliphatic heterocycles. The summed E-state index contributed by atoms with van der Waals surface area (Å²) < 4.78 is 6.16. The highest BCUT2D eigenvalue weighted by Gasteiger charge is 2.26. The average molecular weight is 430 g/mol. The molecule has 4 aromatic carbocycles. The second kappa shape index (κ2) is 8.52. The molecule has 0 N–H and O–H groups in total. The Kier molecular flexibility index (Phi) is 5.25. The standard InChI is InChI=1S/C29H18O4/c30-26(19-11-3-1-4-12-19)21-15-7-8-16-22(21)29-25(27(31)20-13-5-2-6-14-20)28(32)23-17-9-10-18-24(23)33-29/h1-18H. The topological polar surface area (TPSA) is 64.3 Å². The lowest BCUT2D eigenvalue weighted by Gasteiger charge is -2.13. The minimum atomic E-state index is -0.452. The van der Waals surface area contributed by atoms with Crippen molar-refractivity contribution in [3.8, 4) is 11.3 Å². The van der Waals surface area contributed by atoms with Crippen molar-refractivity contribution in [3.05, 3.63) is 142 Å². The van der Waals surface area contributed by atoms with Gasteiger partial charge in [0.05, 0.1) is 5.39 Å². The third-order valence-electron chi connectivity index (χ3n) is 5.51. The predicted octanol–water partition coefficient (Wildman–Crippen LogP) is 5.92. The normalized spacial score (nSPS) is 10.8. The number of hydrogen-bond donors (Lipinski definition) is 0. The lowest BCUT2D eigenvalue weighted by atomic mass is 9.92. The molecule has 4 heteroatoms. The van der Waals surface area contributed by atoms with Gasteiger partial charge in [-0.05, 0) is 12.1 Å². The van der Waals surface area contributed by atoms with Crippen LogP contribution in [-0.2, 0) is 0 Å². The van der Waals surface area contributed by atoms with Crippen LogP contribution >= 0.6 is 0 Å². The Bertz CT molecular complexity index is 1550. The van der Waals surface area contributed by atoms with E-state index in [0.29, 0.717) is 33.2 Å². The van der Waals surface area contributed by atoms with Crippen molar-refractivity contribution >= 4 is 22.5 Å². The molecule has 158 valence electrons. The van der Waals surface area contributed by atoms with Crippen molar-refractivity contribution in [3.63, 3.8) is 0 Å². The molecular formula is C29H18O4. The van der Waals surface area contributed by atoms with Gasteiger partial charge in [0.25, 0.3) is 0 Å². The van der Waals surface area contributed by atoms with Gasteiger partial charge in [0.2, 0.25) is 11.2 Å². The first kappa shape index (κ1) is 20.3. The van der Waals surface area contributed by atoms with Gasteiger partial charge in [-0.1, -0.05) is 97.1 Å². The lowest BCUT2D eigenvalue weighted by Crippen LogP contribution is -2.18. The molecule has 33 heavy (non-hydrogen) atoms. The third-order valence-corrected chi connectivity index (χ3v) is 5.51. The Balaban J connectivity index is 1.80. The summed E-state index contributed by atoms with van der Waals surface area (Å²) in [6.45, 7) is 0. The number of hydrogen-bond acceptors (Lipinski definition) is 4. The third kappa shape index (κ3) is 3.68. The van der Waals surface area contributed by atoms with E-state index < -0.39 is 11.2 Å². The minimum Gasteiger partial charge on any atom is -0.455 e. The minimum absolute atomic E-state index is 0.0896. The summed E-state index contributed by atoms with van der Waals surface area (Å²) in [6.07, 6.45) is 0. The number of fused-ring (bicyclic) bond motifs is 1. The Labute approximate surface area is 189 Å². The summed E-state index contributed by atoms with van der Waals surface area (Å²) in [6, 6.07) is 31.1. The molecule has 1 heterocycles. The van der Waals surface area contributed by atoms with Crippen LogP contribution in [0.5, 0.6) is 0 Å². The monoisotopic (exact) mass is 430 g/mol. The fourth-order valence-corrected chi connectivity index (χ4v) is 3.90. The number of benzene rings is 4. The molecule has 5 aromatic rings. The molecule has 0 aliphatic rings. The molecule has 0 spiro atoms. The molecule has 0 radical (unpaired) electrons. The molecular weight excluding hydrogens is 412 g/mol. The first-order chi connectivity index (χ1) is 16.1. The van der Waals surface area contributed by atoms with Gasteiger partial charge in [-0.15, -0.1) is 0 Å². The summed E-state index contributed by atoms with van der Waals surface area (Å²) >= 11 is 0. The van der Waals surface area contributed by atoms with E-state index >= 15 is 0 Å². The Morgan fingerprint density at radius 3 is 1.82 bits per heavy atom. The van der Waals surface area contributed by atoms with Crippen LogP contribution in [0, 0.1) is 0 Å². The molecule has 0 unspecified atom stereocenters. The van der Waals surface area contributed by atoms with Gasteiger partial charge in [0.1, 0.15) is 11.1 Å². The smallest absolute Gasteiger partial charge is 0.204 e. The largest absolute Gasteiger partial charge is 0.455 e. The van der Waals surface area contributed by atoms with Crippen molar-refractivity contribution in [1.29, 1.82) is 0 Å². The molecule has 0 fully saturated rings. The molecule has 4 nitrogen and oxygen atoms in total. The van der Waals surface area contributed by atoms with E-state index in [1.54, 1.807) is 103 Å². The van der Waals surface area contributed by atoms with Gasteiger partial charge in [-0.25, -0.2) is 0 Å². The van der Waals surface area contributed by atoms with E-state index in [9.17, 15) is 14.4 Å². The molecule has 0 aliphatic carbocycles. The summed E-state index contributed by atoms with van der Waals surface area (Å²) in [5.41, 5.74) is 1.45. The highest BCUT2D eigenvalue weighted by molar-refractivity contribution is 6.16. The predicted molar refractivity (Wildman–Crippen MR) is 128 cm³/mol. The average Bonchev–Trinajstić information content (AvgIpc) is 2.89. The Morgan fingerprint density at radius 2 is 1.12 bits per heavy atom. The quantitative estimate of drug-likeness (QED) is 0.325. The van der Waals surface area contributed by atoms with E-state index in [1.807, 2.05) is 6.07 Å². The highest BCUT2D eigenvalue weighted by atomic mass is 16.3. The highest BCUT2D eigenvalue weighted by Crippen LogP contribution is 2.31. The maximum atomic E-state index is 13.5. The first-order valence-electron chi connectivity index (χ1n) is 10.5. The fraction of sp³-hybridized carbons (Fsp3) is 0. The van der Waals surface area contributed by atoms with Gasteiger partial charge >= 0.3 is 0 Å². The Morgan fingerprint density at radius 1 is 0.576 bits per heavy atom. The van der Waals surface area contributed by atoms with Crippen molar-refractivity contribution in [2.24, 2.45) is 0 Å². The van der Waals surface area contributed by atoms with Crippen molar-refractivity contribution in [2.45, 2.75) is 0 Å². The number of para-hydroxylation sites is 1. The summed E-state index contributed by atoms with van der Waals surface area (Å²) in [7, 11) is 0. The molecule has 0 amide bonds. The van der Waals surface area contributed by atoms with Gasteiger partial charge in [-0.3, -0.25) is 14.4 Å².